The lowest BCUT2D eigenvalue weighted by Gasteiger charge is -2.23. The molecule has 2 aromatic heterocycles. The monoisotopic (exact) mass is 560 g/mol. The minimum absolute atomic E-state index is 0.378. The Hall–Kier alpha value is -2.05. The smallest absolute Gasteiger partial charge is 0.156 e. The van der Waals surface area contributed by atoms with E-state index in [1.54, 1.807) is 6.07 Å². The van der Waals surface area contributed by atoms with Gasteiger partial charge in [-0.2, -0.15) is 0 Å². The Morgan fingerprint density at radius 1 is 0.919 bits per heavy atom. The molecule has 4 rings (SSSR count). The van der Waals surface area contributed by atoms with Crippen LogP contribution in [0.25, 0.3) is 22.2 Å². The Morgan fingerprint density at radius 2 is 1.57 bits per heavy atom. The number of rotatable bonds is 11. The summed E-state index contributed by atoms with van der Waals surface area (Å²) in [5.74, 6) is 0.495. The summed E-state index contributed by atoms with van der Waals surface area (Å²) in [5, 5.41) is 1.38. The van der Waals surface area contributed by atoms with E-state index in [4.69, 9.17) is 26.1 Å². The first-order valence-electron chi connectivity index (χ1n) is 12.8. The van der Waals surface area contributed by atoms with Crippen molar-refractivity contribution in [1.82, 2.24) is 9.97 Å². The first-order chi connectivity index (χ1) is 17.4. The molecule has 37 heavy (non-hydrogen) atoms. The van der Waals surface area contributed by atoms with E-state index >= 15 is 0 Å². The lowest BCUT2D eigenvalue weighted by Crippen LogP contribution is -2.35. The molecule has 0 unspecified atom stereocenters. The second-order valence-corrected chi connectivity index (χ2v) is 23.7. The molecule has 0 aliphatic carbocycles. The van der Waals surface area contributed by atoms with Crippen LogP contribution < -0.4 is 9.80 Å². The number of anilines is 2. The molecule has 3 heterocycles. The molecule has 10 heteroatoms. The standard InChI is InChI=1S/C27H38ClFN4O2Si2/c1-36(2,3)13-11-34-18-32-17-33(19-35-12-14-37(4,5)6)27-25(32)15-22-24(31-27)10-8-21(26(22)28)23-9-7-20(29)16-30-23/h7-10,15-16H,11-14,17-19H2,1-6H3. The fourth-order valence-electron chi connectivity index (χ4n) is 4.06. The maximum Gasteiger partial charge on any atom is 0.156 e. The highest BCUT2D eigenvalue weighted by Crippen LogP contribution is 2.41. The van der Waals surface area contributed by atoms with E-state index in [0.29, 0.717) is 30.8 Å². The minimum Gasteiger partial charge on any atom is -0.361 e. The van der Waals surface area contributed by atoms with E-state index in [1.165, 1.54) is 12.3 Å². The molecule has 0 atom stereocenters. The van der Waals surface area contributed by atoms with Gasteiger partial charge < -0.3 is 19.3 Å². The van der Waals surface area contributed by atoms with Crippen molar-refractivity contribution in [3.05, 3.63) is 47.4 Å². The van der Waals surface area contributed by atoms with Crippen molar-refractivity contribution in [3.8, 4) is 11.3 Å². The first kappa shape index (κ1) is 28.0. The number of ether oxygens (including phenoxy) is 2. The highest BCUT2D eigenvalue weighted by molar-refractivity contribution is 6.76. The number of hydrogen-bond donors (Lipinski definition) is 0. The van der Waals surface area contributed by atoms with E-state index in [-0.39, 0.29) is 5.82 Å². The van der Waals surface area contributed by atoms with Crippen molar-refractivity contribution in [2.45, 2.75) is 51.4 Å². The summed E-state index contributed by atoms with van der Waals surface area (Å²) in [5.41, 5.74) is 3.14. The molecule has 0 bridgehead atoms. The largest absolute Gasteiger partial charge is 0.361 e. The van der Waals surface area contributed by atoms with Crippen LogP contribution in [0.3, 0.4) is 0 Å². The number of aromatic nitrogens is 2. The first-order valence-corrected chi connectivity index (χ1v) is 20.6. The normalized spacial score (nSPS) is 14.1. The zero-order valence-electron chi connectivity index (χ0n) is 22.8. The van der Waals surface area contributed by atoms with Crippen LogP contribution in [0.4, 0.5) is 15.9 Å². The van der Waals surface area contributed by atoms with Gasteiger partial charge >= 0.3 is 0 Å². The maximum absolute atomic E-state index is 13.4. The second kappa shape index (κ2) is 11.4. The summed E-state index contributed by atoms with van der Waals surface area (Å²) in [6, 6.07) is 11.2. The molecule has 200 valence electrons. The summed E-state index contributed by atoms with van der Waals surface area (Å²) in [7, 11) is -2.33. The Morgan fingerprint density at radius 3 is 2.16 bits per heavy atom. The predicted octanol–water partition coefficient (Wildman–Crippen LogP) is 7.30. The third kappa shape index (κ3) is 7.29. The maximum atomic E-state index is 13.4. The predicted molar refractivity (Wildman–Crippen MR) is 158 cm³/mol. The van der Waals surface area contributed by atoms with Crippen molar-refractivity contribution in [1.29, 1.82) is 0 Å². The van der Waals surface area contributed by atoms with Crippen molar-refractivity contribution in [2.75, 3.05) is 43.1 Å². The van der Waals surface area contributed by atoms with Crippen LogP contribution in [0.5, 0.6) is 0 Å². The van der Waals surface area contributed by atoms with Gasteiger partial charge in [0.25, 0.3) is 0 Å². The second-order valence-electron chi connectivity index (χ2n) is 12.1. The van der Waals surface area contributed by atoms with Crippen molar-refractivity contribution >= 4 is 50.2 Å². The highest BCUT2D eigenvalue weighted by atomic mass is 35.5. The van der Waals surface area contributed by atoms with Gasteiger partial charge in [0.1, 0.15) is 19.3 Å². The Labute approximate surface area is 226 Å². The fraction of sp³-hybridized carbons (Fsp3) is 0.481. The molecule has 0 radical (unpaired) electrons. The van der Waals surface area contributed by atoms with Crippen molar-refractivity contribution in [2.24, 2.45) is 0 Å². The lowest BCUT2D eigenvalue weighted by molar-refractivity contribution is 0.136. The summed E-state index contributed by atoms with van der Waals surface area (Å²) >= 11 is 6.87. The molecule has 0 amide bonds. The summed E-state index contributed by atoms with van der Waals surface area (Å²) in [6.45, 7) is 17.2. The van der Waals surface area contributed by atoms with Crippen LogP contribution in [-0.4, -0.2) is 59.5 Å². The van der Waals surface area contributed by atoms with Crippen molar-refractivity contribution in [3.63, 3.8) is 0 Å². The number of halogens is 2. The van der Waals surface area contributed by atoms with Gasteiger partial charge in [-0.3, -0.25) is 4.98 Å². The molecule has 0 saturated heterocycles. The molecule has 1 aromatic carbocycles. The topological polar surface area (TPSA) is 50.7 Å². The zero-order valence-corrected chi connectivity index (χ0v) is 25.5. The van der Waals surface area contributed by atoms with Gasteiger partial charge in [0, 0.05) is 40.3 Å². The van der Waals surface area contributed by atoms with E-state index in [1.807, 2.05) is 12.1 Å². The lowest BCUT2D eigenvalue weighted by atomic mass is 10.1. The van der Waals surface area contributed by atoms with E-state index in [9.17, 15) is 4.39 Å². The molecule has 1 aliphatic heterocycles. The SMILES string of the molecule is C[Si](C)(C)CCOCN1CN(COCC[Si](C)(C)C)c2nc3ccc(-c4ccc(F)cn4)c(Cl)c3cc21. The molecule has 0 fully saturated rings. The van der Waals surface area contributed by atoms with Gasteiger partial charge in [-0.1, -0.05) is 50.9 Å². The number of fused-ring (bicyclic) bond motifs is 2. The number of hydrogen-bond acceptors (Lipinski definition) is 6. The Balaban J connectivity index is 1.61. The van der Waals surface area contributed by atoms with E-state index in [2.05, 4.69) is 60.1 Å². The number of nitrogens with zero attached hydrogens (tertiary/aromatic N) is 4. The minimum atomic E-state index is -1.17. The summed E-state index contributed by atoms with van der Waals surface area (Å²) < 4.78 is 25.6. The Bertz CT molecular complexity index is 1230. The molecule has 0 saturated carbocycles. The molecule has 0 spiro atoms. The summed E-state index contributed by atoms with van der Waals surface area (Å²) in [6.07, 6.45) is 1.20. The van der Waals surface area contributed by atoms with Gasteiger partial charge in [-0.25, -0.2) is 9.37 Å². The van der Waals surface area contributed by atoms with Gasteiger partial charge in [0.05, 0.1) is 34.8 Å². The zero-order chi connectivity index (χ0) is 26.8. The van der Waals surface area contributed by atoms with Crippen LogP contribution >= 0.6 is 11.6 Å². The van der Waals surface area contributed by atoms with Crippen molar-refractivity contribution < 1.29 is 13.9 Å². The van der Waals surface area contributed by atoms with E-state index in [0.717, 1.165) is 53.3 Å². The third-order valence-electron chi connectivity index (χ3n) is 6.37. The highest BCUT2D eigenvalue weighted by Gasteiger charge is 2.29. The van der Waals surface area contributed by atoms with Gasteiger partial charge in [0.15, 0.2) is 5.82 Å². The molecular weight excluding hydrogens is 523 g/mol. The molecular formula is C27H38ClFN4O2Si2. The van der Waals surface area contributed by atoms with Crippen LogP contribution in [-0.2, 0) is 9.47 Å². The molecule has 0 N–H and O–H groups in total. The molecule has 3 aromatic rings. The van der Waals surface area contributed by atoms with Gasteiger partial charge in [-0.05, 0) is 42.4 Å². The third-order valence-corrected chi connectivity index (χ3v) is 10.2. The number of benzene rings is 1. The quantitative estimate of drug-likeness (QED) is 0.181. The van der Waals surface area contributed by atoms with E-state index < -0.39 is 16.1 Å². The van der Waals surface area contributed by atoms with Gasteiger partial charge in [0.2, 0.25) is 0 Å². The Kier molecular flexibility index (Phi) is 8.59. The van der Waals surface area contributed by atoms with Crippen LogP contribution in [0.15, 0.2) is 36.5 Å². The molecule has 1 aliphatic rings. The fourth-order valence-corrected chi connectivity index (χ4v) is 5.88. The van der Waals surface area contributed by atoms with Crippen LogP contribution in [0.1, 0.15) is 0 Å². The summed E-state index contributed by atoms with van der Waals surface area (Å²) in [4.78, 5) is 13.6. The average Bonchev–Trinajstić information content (AvgIpc) is 3.15. The van der Waals surface area contributed by atoms with Crippen LogP contribution in [0, 0.1) is 5.82 Å². The van der Waals surface area contributed by atoms with Gasteiger partial charge in [-0.15, -0.1) is 0 Å². The van der Waals surface area contributed by atoms with Crippen LogP contribution in [0.2, 0.25) is 56.4 Å². The average molecular weight is 561 g/mol. The molecule has 6 nitrogen and oxygen atoms in total. The number of pyridine rings is 2.